The molecule has 0 radical (unpaired) electrons. The third-order valence-corrected chi connectivity index (χ3v) is 7.03. The Kier molecular flexibility index (Phi) is 8.66. The smallest absolute Gasteiger partial charge is 0.278 e. The van der Waals surface area contributed by atoms with E-state index in [2.05, 4.69) is 31.1 Å². The van der Waals surface area contributed by atoms with E-state index >= 15 is 0 Å². The van der Waals surface area contributed by atoms with Gasteiger partial charge in [0.15, 0.2) is 0 Å². The number of aryl methyl sites for hydroxylation is 2. The lowest BCUT2D eigenvalue weighted by Crippen LogP contribution is -2.28. The molecule has 36 heavy (non-hydrogen) atoms. The van der Waals surface area contributed by atoms with E-state index in [9.17, 15) is 13.2 Å². The van der Waals surface area contributed by atoms with E-state index in [1.54, 1.807) is 45.0 Å². The van der Waals surface area contributed by atoms with Crippen LogP contribution in [-0.2, 0) is 14.9 Å². The third kappa shape index (κ3) is 6.59. The minimum Gasteiger partial charge on any atom is -0.353 e. The summed E-state index contributed by atoms with van der Waals surface area (Å²) in [7, 11) is -2.14. The molecule has 0 bridgehead atoms. The number of amides is 1. The molecule has 0 saturated heterocycles. The maximum Gasteiger partial charge on any atom is 0.278 e. The van der Waals surface area contributed by atoms with Crippen molar-refractivity contribution >= 4 is 56.2 Å². The number of aromatic nitrogens is 3. The molecule has 13 heteroatoms. The van der Waals surface area contributed by atoms with Gasteiger partial charge in [0.25, 0.3) is 5.91 Å². The zero-order chi connectivity index (χ0) is 26.5. The molecule has 0 fully saturated rings. The predicted molar refractivity (Wildman–Crippen MR) is 141 cm³/mol. The lowest BCUT2D eigenvalue weighted by Gasteiger charge is -2.23. The Morgan fingerprint density at radius 2 is 1.81 bits per heavy atom. The van der Waals surface area contributed by atoms with Crippen molar-refractivity contribution in [2.24, 2.45) is 0 Å². The van der Waals surface area contributed by atoms with Crippen molar-refractivity contribution in [3.05, 3.63) is 58.6 Å². The van der Waals surface area contributed by atoms with Crippen molar-refractivity contribution in [3.63, 3.8) is 0 Å². The molecule has 0 aliphatic heterocycles. The topological polar surface area (TPSA) is 138 Å². The lowest BCUT2D eigenvalue weighted by molar-refractivity contribution is 0.0365. The van der Waals surface area contributed by atoms with Gasteiger partial charge in [0.1, 0.15) is 17.5 Å². The van der Waals surface area contributed by atoms with Crippen molar-refractivity contribution in [2.75, 3.05) is 34.3 Å². The molecule has 0 aliphatic carbocycles. The van der Waals surface area contributed by atoms with Gasteiger partial charge in [-0.25, -0.2) is 28.8 Å². The Labute approximate surface area is 215 Å². The van der Waals surface area contributed by atoms with Gasteiger partial charge in [0.05, 0.1) is 35.0 Å². The van der Waals surface area contributed by atoms with Gasteiger partial charge in [-0.2, -0.15) is 0 Å². The second kappa shape index (κ2) is 11.5. The third-order valence-electron chi connectivity index (χ3n) is 5.03. The Balaban J connectivity index is 2.06. The molecule has 0 spiro atoms. The normalized spacial score (nSPS) is 11.2. The standard InChI is InChI=1S/C23H28ClN7O4S/c1-6-35-30-23(32)17-13-25-21(29-22-10-14(3)26-15(4)27-22)12-19(17)28-18-9-8-16(24)11-20(18)31(5)36(33,34)7-2/h8-13H,6-7H2,1-5H3,(H,30,32)(H2,25,26,27,28,29). The molecular formula is C23H28ClN7O4S. The number of carbonyl (C=O) groups excluding carboxylic acids is 1. The molecular weight excluding hydrogens is 506 g/mol. The van der Waals surface area contributed by atoms with Gasteiger partial charge >= 0.3 is 0 Å². The van der Waals surface area contributed by atoms with Crippen LogP contribution in [0.3, 0.4) is 0 Å². The Bertz CT molecular complexity index is 1350. The summed E-state index contributed by atoms with van der Waals surface area (Å²) in [5.74, 6) is 0.893. The van der Waals surface area contributed by atoms with Crippen LogP contribution in [0.4, 0.5) is 28.7 Å². The molecule has 3 rings (SSSR count). The molecule has 0 saturated carbocycles. The number of nitrogens with zero attached hydrogens (tertiary/aromatic N) is 4. The van der Waals surface area contributed by atoms with Crippen LogP contribution < -0.4 is 20.4 Å². The van der Waals surface area contributed by atoms with Gasteiger partial charge < -0.3 is 10.6 Å². The molecule has 0 unspecified atom stereocenters. The summed E-state index contributed by atoms with van der Waals surface area (Å²) in [4.78, 5) is 30.8. The van der Waals surface area contributed by atoms with Crippen LogP contribution in [0.1, 0.15) is 35.7 Å². The number of hydrogen-bond acceptors (Lipinski definition) is 9. The summed E-state index contributed by atoms with van der Waals surface area (Å²) in [5, 5.41) is 6.62. The quantitative estimate of drug-likeness (QED) is 0.329. The zero-order valence-electron chi connectivity index (χ0n) is 20.6. The van der Waals surface area contributed by atoms with Crippen LogP contribution in [0.5, 0.6) is 0 Å². The summed E-state index contributed by atoms with van der Waals surface area (Å²) < 4.78 is 26.3. The molecule has 192 valence electrons. The van der Waals surface area contributed by atoms with Crippen LogP contribution in [0.2, 0.25) is 5.02 Å². The van der Waals surface area contributed by atoms with E-state index in [4.69, 9.17) is 16.4 Å². The predicted octanol–water partition coefficient (Wildman–Crippen LogP) is 4.10. The fraction of sp³-hybridized carbons (Fsp3) is 0.304. The molecule has 3 aromatic rings. The van der Waals surface area contributed by atoms with Crippen LogP contribution in [-0.4, -0.2) is 48.7 Å². The summed E-state index contributed by atoms with van der Waals surface area (Å²) >= 11 is 6.18. The van der Waals surface area contributed by atoms with E-state index in [1.165, 1.54) is 19.3 Å². The number of pyridine rings is 1. The van der Waals surface area contributed by atoms with Crippen LogP contribution in [0.25, 0.3) is 0 Å². The highest BCUT2D eigenvalue weighted by molar-refractivity contribution is 7.92. The summed E-state index contributed by atoms with van der Waals surface area (Å²) in [6.45, 7) is 7.19. The number of sulfonamides is 1. The van der Waals surface area contributed by atoms with Gasteiger partial charge in [0.2, 0.25) is 10.0 Å². The van der Waals surface area contributed by atoms with Gasteiger partial charge in [-0.15, -0.1) is 0 Å². The number of hydroxylamine groups is 1. The highest BCUT2D eigenvalue weighted by Gasteiger charge is 2.21. The van der Waals surface area contributed by atoms with Crippen molar-refractivity contribution in [2.45, 2.75) is 27.7 Å². The number of nitrogens with one attached hydrogen (secondary N) is 3. The maximum atomic E-state index is 12.8. The Hall–Kier alpha value is -3.48. The summed E-state index contributed by atoms with van der Waals surface area (Å²) in [6, 6.07) is 8.16. The lowest BCUT2D eigenvalue weighted by atomic mass is 10.2. The molecule has 2 aromatic heterocycles. The number of hydrogen-bond donors (Lipinski definition) is 3. The first-order valence-electron chi connectivity index (χ1n) is 11.1. The van der Waals surface area contributed by atoms with Gasteiger partial charge in [0, 0.05) is 36.1 Å². The first kappa shape index (κ1) is 27.1. The summed E-state index contributed by atoms with van der Waals surface area (Å²) in [5.41, 5.74) is 4.37. The van der Waals surface area contributed by atoms with E-state index in [-0.39, 0.29) is 17.9 Å². The number of anilines is 5. The zero-order valence-corrected chi connectivity index (χ0v) is 22.2. The summed E-state index contributed by atoms with van der Waals surface area (Å²) in [6.07, 6.45) is 1.38. The minimum absolute atomic E-state index is 0.0987. The number of carbonyl (C=O) groups is 1. The van der Waals surface area contributed by atoms with E-state index < -0.39 is 15.9 Å². The SMILES string of the molecule is CCONC(=O)c1cnc(Nc2cc(C)nc(C)n2)cc1Nc1ccc(Cl)cc1N(C)S(=O)(=O)CC. The fourth-order valence-electron chi connectivity index (χ4n) is 3.27. The van der Waals surface area contributed by atoms with Gasteiger partial charge in [-0.1, -0.05) is 11.6 Å². The molecule has 3 N–H and O–H groups in total. The van der Waals surface area contributed by atoms with Crippen molar-refractivity contribution in [3.8, 4) is 0 Å². The number of rotatable bonds is 10. The monoisotopic (exact) mass is 533 g/mol. The van der Waals surface area contributed by atoms with E-state index in [0.717, 1.165) is 10.00 Å². The highest BCUT2D eigenvalue weighted by atomic mass is 35.5. The fourth-order valence-corrected chi connectivity index (χ4v) is 4.28. The number of halogens is 1. The van der Waals surface area contributed by atoms with Crippen molar-refractivity contribution in [1.29, 1.82) is 0 Å². The van der Waals surface area contributed by atoms with E-state index in [0.29, 0.717) is 39.5 Å². The molecule has 1 aromatic carbocycles. The maximum absolute atomic E-state index is 12.8. The van der Waals surface area contributed by atoms with Gasteiger partial charge in [-0.05, 0) is 45.9 Å². The number of benzene rings is 1. The molecule has 11 nitrogen and oxygen atoms in total. The van der Waals surface area contributed by atoms with Crippen LogP contribution in [0.15, 0.2) is 36.5 Å². The highest BCUT2D eigenvalue weighted by Crippen LogP contribution is 2.34. The second-order valence-electron chi connectivity index (χ2n) is 7.70. The molecule has 2 heterocycles. The average Bonchev–Trinajstić information content (AvgIpc) is 2.82. The Morgan fingerprint density at radius 1 is 1.06 bits per heavy atom. The van der Waals surface area contributed by atoms with Crippen molar-refractivity contribution in [1.82, 2.24) is 20.4 Å². The van der Waals surface area contributed by atoms with Gasteiger partial charge in [-0.3, -0.25) is 13.9 Å². The largest absolute Gasteiger partial charge is 0.353 e. The van der Waals surface area contributed by atoms with Crippen molar-refractivity contribution < 1.29 is 18.0 Å². The first-order chi connectivity index (χ1) is 17.0. The second-order valence-corrected chi connectivity index (χ2v) is 10.4. The minimum atomic E-state index is -3.58. The average molecular weight is 534 g/mol. The first-order valence-corrected chi connectivity index (χ1v) is 13.1. The molecule has 0 atom stereocenters. The van der Waals surface area contributed by atoms with Crippen LogP contribution in [0, 0.1) is 13.8 Å². The Morgan fingerprint density at radius 3 is 2.47 bits per heavy atom. The molecule has 0 aliphatic rings. The van der Waals surface area contributed by atoms with Crippen LogP contribution >= 0.6 is 11.6 Å². The molecule has 1 amide bonds. The van der Waals surface area contributed by atoms with E-state index in [1.807, 2.05) is 6.92 Å².